The van der Waals surface area contributed by atoms with Gasteiger partial charge in [-0.15, -0.1) is 0 Å². The summed E-state index contributed by atoms with van der Waals surface area (Å²) in [5.74, 6) is -0.835. The number of nitrogen functional groups attached to an aromatic ring is 1. The summed E-state index contributed by atoms with van der Waals surface area (Å²) in [6.45, 7) is 1.80. The van der Waals surface area contributed by atoms with Crippen molar-refractivity contribution in [3.8, 4) is 0 Å². The van der Waals surface area contributed by atoms with Crippen molar-refractivity contribution in [1.29, 1.82) is 0 Å². The van der Waals surface area contributed by atoms with Crippen LogP contribution in [0.3, 0.4) is 0 Å². The van der Waals surface area contributed by atoms with E-state index in [9.17, 15) is 18.0 Å². The minimum Gasteiger partial charge on any atom is -0.397 e. The Morgan fingerprint density at radius 2 is 1.62 bits per heavy atom. The number of rotatable bonds is 3. The summed E-state index contributed by atoms with van der Waals surface area (Å²) in [7, 11) is -3.88. The van der Waals surface area contributed by atoms with Crippen LogP contribution in [0.2, 0.25) is 0 Å². The fourth-order valence-electron chi connectivity index (χ4n) is 2.74. The number of carbonyl (C=O) groups excluding carboxylic acids is 2. The Hall–Kier alpha value is -2.03. The van der Waals surface area contributed by atoms with Gasteiger partial charge in [-0.3, -0.25) is 9.59 Å². The number of hydrogen-bond donors (Lipinski definition) is 2. The second-order valence-corrected chi connectivity index (χ2v) is 7.82. The van der Waals surface area contributed by atoms with Crippen molar-refractivity contribution in [2.45, 2.75) is 11.8 Å². The van der Waals surface area contributed by atoms with Crippen LogP contribution in [0.25, 0.3) is 0 Å². The van der Waals surface area contributed by atoms with Gasteiger partial charge in [0.15, 0.2) is 11.6 Å². The predicted octanol–water partition coefficient (Wildman–Crippen LogP) is 2.10. The van der Waals surface area contributed by atoms with E-state index in [4.69, 9.17) is 5.73 Å². The van der Waals surface area contributed by atoms with Crippen LogP contribution in [-0.2, 0) is 10.0 Å². The minimum atomic E-state index is -3.88. The fraction of sp³-hybridized carbons (Fsp3) is 0.125. The average molecular weight is 409 g/mol. The molecule has 124 valence electrons. The predicted molar refractivity (Wildman–Crippen MR) is 92.7 cm³/mol. The molecule has 0 heterocycles. The molecule has 1 aliphatic carbocycles. The minimum absolute atomic E-state index is 0.0791. The van der Waals surface area contributed by atoms with Gasteiger partial charge in [-0.1, -0.05) is 31.2 Å². The fourth-order valence-corrected chi connectivity index (χ4v) is 4.70. The van der Waals surface area contributed by atoms with Gasteiger partial charge in [-0.2, -0.15) is 0 Å². The summed E-state index contributed by atoms with van der Waals surface area (Å²) in [5.41, 5.74) is 6.27. The highest BCUT2D eigenvalue weighted by molar-refractivity contribution is 9.10. The van der Waals surface area contributed by atoms with Crippen molar-refractivity contribution in [2.24, 2.45) is 0 Å². The van der Waals surface area contributed by atoms with E-state index in [2.05, 4.69) is 20.7 Å². The van der Waals surface area contributed by atoms with Crippen LogP contribution in [0.15, 0.2) is 39.7 Å². The Balaban J connectivity index is 2.35. The SMILES string of the molecule is CCNS(=O)(=O)c1cc(Br)c2c(c1N)C(=O)c1ccccc1C2=O. The van der Waals surface area contributed by atoms with Gasteiger partial charge >= 0.3 is 0 Å². The molecule has 0 aromatic heterocycles. The number of ketones is 2. The third-order valence-electron chi connectivity index (χ3n) is 3.78. The summed E-state index contributed by atoms with van der Waals surface area (Å²) in [6, 6.07) is 7.64. The van der Waals surface area contributed by atoms with Crippen LogP contribution in [0.5, 0.6) is 0 Å². The van der Waals surface area contributed by atoms with Crippen molar-refractivity contribution in [1.82, 2.24) is 4.72 Å². The van der Waals surface area contributed by atoms with E-state index in [0.717, 1.165) is 0 Å². The smallest absolute Gasteiger partial charge is 0.242 e. The molecule has 0 saturated heterocycles. The number of benzene rings is 2. The van der Waals surface area contributed by atoms with Crippen LogP contribution < -0.4 is 10.5 Å². The van der Waals surface area contributed by atoms with Crippen LogP contribution in [-0.4, -0.2) is 26.5 Å². The Kier molecular flexibility index (Phi) is 4.06. The van der Waals surface area contributed by atoms with Crippen molar-refractivity contribution in [3.05, 3.63) is 57.1 Å². The van der Waals surface area contributed by atoms with Gasteiger partial charge in [0.25, 0.3) is 0 Å². The van der Waals surface area contributed by atoms with Gasteiger partial charge in [0.1, 0.15) is 4.90 Å². The van der Waals surface area contributed by atoms with Crippen LogP contribution >= 0.6 is 15.9 Å². The van der Waals surface area contributed by atoms with Crippen LogP contribution in [0, 0.1) is 0 Å². The maximum atomic E-state index is 12.8. The third kappa shape index (κ3) is 2.38. The van der Waals surface area contributed by atoms with E-state index in [-0.39, 0.29) is 49.6 Å². The molecule has 6 nitrogen and oxygen atoms in total. The summed E-state index contributed by atoms with van der Waals surface area (Å²) >= 11 is 3.21. The molecule has 3 N–H and O–H groups in total. The van der Waals surface area contributed by atoms with Crippen molar-refractivity contribution in [2.75, 3.05) is 12.3 Å². The first-order chi connectivity index (χ1) is 11.3. The molecule has 0 bridgehead atoms. The Labute approximate surface area is 147 Å². The zero-order valence-corrected chi connectivity index (χ0v) is 15.0. The van der Waals surface area contributed by atoms with Gasteiger partial charge in [-0.05, 0) is 22.0 Å². The lowest BCUT2D eigenvalue weighted by molar-refractivity contribution is 0.0979. The number of halogens is 1. The number of nitrogens with two attached hydrogens (primary N) is 1. The second-order valence-electron chi connectivity index (χ2n) is 5.23. The molecular weight excluding hydrogens is 396 g/mol. The molecule has 0 atom stereocenters. The Bertz CT molecular complexity index is 999. The Morgan fingerprint density at radius 3 is 2.17 bits per heavy atom. The topological polar surface area (TPSA) is 106 Å². The summed E-state index contributed by atoms with van der Waals surface area (Å²) in [4.78, 5) is 25.3. The summed E-state index contributed by atoms with van der Waals surface area (Å²) in [5, 5.41) is 0. The Morgan fingerprint density at radius 1 is 1.08 bits per heavy atom. The highest BCUT2D eigenvalue weighted by atomic mass is 79.9. The molecule has 0 amide bonds. The number of sulfonamides is 1. The van der Waals surface area contributed by atoms with Gasteiger partial charge in [-0.25, -0.2) is 13.1 Å². The van der Waals surface area contributed by atoms with E-state index in [1.807, 2.05) is 0 Å². The second kappa shape index (κ2) is 5.80. The number of carbonyl (C=O) groups is 2. The lowest BCUT2D eigenvalue weighted by Gasteiger charge is -2.22. The van der Waals surface area contributed by atoms with E-state index in [1.165, 1.54) is 12.1 Å². The molecule has 2 aromatic rings. The maximum absolute atomic E-state index is 12.8. The molecule has 0 saturated carbocycles. The molecule has 0 radical (unpaired) electrons. The normalized spacial score (nSPS) is 13.6. The molecule has 0 spiro atoms. The number of hydrogen-bond acceptors (Lipinski definition) is 5. The highest BCUT2D eigenvalue weighted by Gasteiger charge is 2.35. The molecule has 0 aliphatic heterocycles. The number of fused-ring (bicyclic) bond motifs is 2. The lowest BCUT2D eigenvalue weighted by atomic mass is 9.83. The summed E-state index contributed by atoms with van der Waals surface area (Å²) < 4.78 is 27.2. The highest BCUT2D eigenvalue weighted by Crippen LogP contribution is 2.38. The van der Waals surface area contributed by atoms with E-state index in [0.29, 0.717) is 0 Å². The van der Waals surface area contributed by atoms with Crippen molar-refractivity contribution >= 4 is 43.2 Å². The van der Waals surface area contributed by atoms with Crippen molar-refractivity contribution in [3.63, 3.8) is 0 Å². The van der Waals surface area contributed by atoms with E-state index in [1.54, 1.807) is 25.1 Å². The first-order valence-electron chi connectivity index (χ1n) is 7.09. The molecule has 24 heavy (non-hydrogen) atoms. The largest absolute Gasteiger partial charge is 0.397 e. The number of nitrogens with one attached hydrogen (secondary N) is 1. The van der Waals surface area contributed by atoms with Gasteiger partial charge in [0.2, 0.25) is 10.0 Å². The number of anilines is 1. The van der Waals surface area contributed by atoms with E-state index >= 15 is 0 Å². The molecule has 2 aromatic carbocycles. The first kappa shape index (κ1) is 16.8. The summed E-state index contributed by atoms with van der Waals surface area (Å²) in [6.07, 6.45) is 0. The maximum Gasteiger partial charge on any atom is 0.242 e. The van der Waals surface area contributed by atoms with Crippen LogP contribution in [0.4, 0.5) is 5.69 Å². The molecule has 0 fully saturated rings. The first-order valence-corrected chi connectivity index (χ1v) is 9.37. The molecule has 0 unspecified atom stereocenters. The molecule has 1 aliphatic rings. The zero-order valence-electron chi connectivity index (χ0n) is 12.6. The monoisotopic (exact) mass is 408 g/mol. The average Bonchev–Trinajstić information content (AvgIpc) is 2.54. The van der Waals surface area contributed by atoms with Gasteiger partial charge < -0.3 is 5.73 Å². The third-order valence-corrected chi connectivity index (χ3v) is 5.99. The molecule has 3 rings (SSSR count). The molecule has 8 heteroatoms. The lowest BCUT2D eigenvalue weighted by Crippen LogP contribution is -2.28. The zero-order chi connectivity index (χ0) is 17.6. The van der Waals surface area contributed by atoms with Crippen molar-refractivity contribution < 1.29 is 18.0 Å². The van der Waals surface area contributed by atoms with Gasteiger partial charge in [0, 0.05) is 22.1 Å². The van der Waals surface area contributed by atoms with Gasteiger partial charge in [0.05, 0.1) is 16.8 Å². The van der Waals surface area contributed by atoms with E-state index < -0.39 is 15.8 Å². The molecular formula is C16H13BrN2O4S. The van der Waals surface area contributed by atoms with Crippen LogP contribution in [0.1, 0.15) is 38.8 Å². The quantitative estimate of drug-likeness (QED) is 0.645. The standard InChI is InChI=1S/C16H13BrN2O4S/c1-2-19-24(22,23)11-7-10(17)12-13(14(11)18)16(21)9-6-4-3-5-8(9)15(12)20/h3-7,19H,2,18H2,1H3.